The van der Waals surface area contributed by atoms with Crippen LogP contribution in [0.5, 0.6) is 0 Å². The summed E-state index contributed by atoms with van der Waals surface area (Å²) in [7, 11) is 0. The Kier molecular flexibility index (Phi) is 4.62. The Hall–Kier alpha value is -2.79. The number of carbonyl (C=O) groups is 2. The fourth-order valence-corrected chi connectivity index (χ4v) is 3.66. The monoisotopic (exact) mass is 382 g/mol. The van der Waals surface area contributed by atoms with Crippen LogP contribution in [0.2, 0.25) is 5.02 Å². The van der Waals surface area contributed by atoms with E-state index in [1.807, 2.05) is 31.2 Å². The number of halogens is 1. The second-order valence-corrected chi connectivity index (χ2v) is 7.02. The van der Waals surface area contributed by atoms with Crippen molar-refractivity contribution < 1.29 is 14.0 Å². The van der Waals surface area contributed by atoms with E-state index in [1.54, 1.807) is 34.1 Å². The Labute approximate surface area is 162 Å². The van der Waals surface area contributed by atoms with Gasteiger partial charge in [0.05, 0.1) is 10.6 Å². The molecule has 0 unspecified atom stereocenters. The van der Waals surface area contributed by atoms with Gasteiger partial charge in [0.1, 0.15) is 5.58 Å². The molecule has 1 saturated heterocycles. The maximum atomic E-state index is 12.9. The van der Waals surface area contributed by atoms with E-state index in [4.69, 9.17) is 16.0 Å². The van der Waals surface area contributed by atoms with Crippen LogP contribution < -0.4 is 0 Å². The number of carbonyl (C=O) groups excluding carboxylic acids is 2. The van der Waals surface area contributed by atoms with Gasteiger partial charge in [0.25, 0.3) is 11.8 Å². The molecular formula is C21H19ClN2O3. The van der Waals surface area contributed by atoms with Crippen LogP contribution in [-0.2, 0) is 0 Å². The Morgan fingerprint density at radius 2 is 1.48 bits per heavy atom. The highest BCUT2D eigenvalue weighted by atomic mass is 35.5. The first-order valence-corrected chi connectivity index (χ1v) is 9.25. The fraction of sp³-hybridized carbons (Fsp3) is 0.238. The van der Waals surface area contributed by atoms with Gasteiger partial charge in [-0.3, -0.25) is 9.59 Å². The van der Waals surface area contributed by atoms with Gasteiger partial charge in [-0.1, -0.05) is 41.9 Å². The highest BCUT2D eigenvalue weighted by Crippen LogP contribution is 2.26. The molecule has 27 heavy (non-hydrogen) atoms. The molecule has 0 aliphatic carbocycles. The van der Waals surface area contributed by atoms with Gasteiger partial charge in [-0.05, 0) is 25.1 Å². The second kappa shape index (κ2) is 7.08. The van der Waals surface area contributed by atoms with E-state index < -0.39 is 0 Å². The van der Waals surface area contributed by atoms with E-state index in [1.165, 1.54) is 0 Å². The SMILES string of the molecule is Cc1c(C(=O)N2CCN(C(=O)c3ccccc3Cl)CC2)oc2ccccc12. The topological polar surface area (TPSA) is 53.8 Å². The Morgan fingerprint density at radius 1 is 0.889 bits per heavy atom. The van der Waals surface area contributed by atoms with E-state index >= 15 is 0 Å². The van der Waals surface area contributed by atoms with Crippen molar-refractivity contribution >= 4 is 34.4 Å². The standard InChI is InChI=1S/C21H19ClN2O3/c1-14-15-6-3-5-9-18(15)27-19(14)21(26)24-12-10-23(11-13-24)20(25)16-7-2-4-8-17(16)22/h2-9H,10-13H2,1H3. The highest BCUT2D eigenvalue weighted by Gasteiger charge is 2.29. The molecule has 0 atom stereocenters. The first-order chi connectivity index (χ1) is 13.1. The minimum Gasteiger partial charge on any atom is -0.451 e. The third-order valence-corrected chi connectivity index (χ3v) is 5.33. The summed E-state index contributed by atoms with van der Waals surface area (Å²) in [4.78, 5) is 29.0. The number of piperazine rings is 1. The van der Waals surface area contributed by atoms with Crippen molar-refractivity contribution in [3.8, 4) is 0 Å². The number of aryl methyl sites for hydroxylation is 1. The van der Waals surface area contributed by atoms with Crippen LogP contribution in [0.25, 0.3) is 11.0 Å². The van der Waals surface area contributed by atoms with Gasteiger partial charge >= 0.3 is 0 Å². The maximum Gasteiger partial charge on any atom is 0.290 e. The van der Waals surface area contributed by atoms with Gasteiger partial charge in [0, 0.05) is 37.1 Å². The average Bonchev–Trinajstić information content (AvgIpc) is 3.04. The van der Waals surface area contributed by atoms with Crippen LogP contribution in [0.3, 0.4) is 0 Å². The Bertz CT molecular complexity index is 1020. The number of hydrogen-bond acceptors (Lipinski definition) is 3. The lowest BCUT2D eigenvalue weighted by Crippen LogP contribution is -2.50. The molecule has 6 heteroatoms. The zero-order chi connectivity index (χ0) is 19.0. The summed E-state index contributed by atoms with van der Waals surface area (Å²) < 4.78 is 5.78. The summed E-state index contributed by atoms with van der Waals surface area (Å²) in [6, 6.07) is 14.6. The second-order valence-electron chi connectivity index (χ2n) is 6.62. The normalized spacial score (nSPS) is 14.6. The molecule has 0 spiro atoms. The molecule has 2 heterocycles. The van der Waals surface area contributed by atoms with Crippen LogP contribution in [0, 0.1) is 6.92 Å². The average molecular weight is 383 g/mol. The lowest BCUT2D eigenvalue weighted by atomic mass is 10.1. The van der Waals surface area contributed by atoms with Crippen molar-refractivity contribution in [1.29, 1.82) is 0 Å². The highest BCUT2D eigenvalue weighted by molar-refractivity contribution is 6.33. The largest absolute Gasteiger partial charge is 0.451 e. The van der Waals surface area contributed by atoms with E-state index in [2.05, 4.69) is 0 Å². The van der Waals surface area contributed by atoms with Crippen LogP contribution >= 0.6 is 11.6 Å². The maximum absolute atomic E-state index is 12.9. The van der Waals surface area contributed by atoms with E-state index in [0.717, 1.165) is 10.9 Å². The van der Waals surface area contributed by atoms with Crippen molar-refractivity contribution in [2.24, 2.45) is 0 Å². The van der Waals surface area contributed by atoms with Crippen LogP contribution in [0.15, 0.2) is 52.9 Å². The quantitative estimate of drug-likeness (QED) is 0.673. The number of nitrogens with zero attached hydrogens (tertiary/aromatic N) is 2. The van der Waals surface area contributed by atoms with Gasteiger partial charge in [-0.15, -0.1) is 0 Å². The molecule has 1 aliphatic rings. The summed E-state index contributed by atoms with van der Waals surface area (Å²) in [6.45, 7) is 3.76. The van der Waals surface area contributed by atoms with Gasteiger partial charge in [0.2, 0.25) is 0 Å². The molecule has 0 radical (unpaired) electrons. The van der Waals surface area contributed by atoms with Crippen molar-refractivity contribution in [3.05, 3.63) is 70.4 Å². The molecular weight excluding hydrogens is 364 g/mol. The summed E-state index contributed by atoms with van der Waals surface area (Å²) >= 11 is 6.13. The minimum atomic E-state index is -0.131. The smallest absolute Gasteiger partial charge is 0.290 e. The molecule has 4 rings (SSSR count). The first kappa shape index (κ1) is 17.6. The molecule has 1 aliphatic heterocycles. The number of rotatable bonds is 2. The van der Waals surface area contributed by atoms with E-state index in [-0.39, 0.29) is 11.8 Å². The third kappa shape index (κ3) is 3.19. The first-order valence-electron chi connectivity index (χ1n) is 8.87. The number of fused-ring (bicyclic) bond motifs is 1. The number of furan rings is 1. The lowest BCUT2D eigenvalue weighted by Gasteiger charge is -2.34. The van der Waals surface area contributed by atoms with Crippen molar-refractivity contribution in [1.82, 2.24) is 9.80 Å². The van der Waals surface area contributed by atoms with Crippen molar-refractivity contribution in [3.63, 3.8) is 0 Å². The molecule has 0 bridgehead atoms. The molecule has 1 fully saturated rings. The van der Waals surface area contributed by atoms with E-state index in [0.29, 0.717) is 48.1 Å². The predicted octanol–water partition coefficient (Wildman–Crippen LogP) is 3.99. The number of benzene rings is 2. The summed E-state index contributed by atoms with van der Waals surface area (Å²) in [5.41, 5.74) is 2.06. The van der Waals surface area contributed by atoms with Gasteiger partial charge in [-0.2, -0.15) is 0 Å². The molecule has 1 aromatic heterocycles. The van der Waals surface area contributed by atoms with Crippen molar-refractivity contribution in [2.45, 2.75) is 6.92 Å². The molecule has 0 saturated carbocycles. The van der Waals surface area contributed by atoms with E-state index in [9.17, 15) is 9.59 Å². The lowest BCUT2D eigenvalue weighted by molar-refractivity contribution is 0.0519. The van der Waals surface area contributed by atoms with Gasteiger partial charge in [0.15, 0.2) is 5.76 Å². The molecule has 138 valence electrons. The van der Waals surface area contributed by atoms with Crippen molar-refractivity contribution in [2.75, 3.05) is 26.2 Å². The predicted molar refractivity (Wildman–Crippen MR) is 104 cm³/mol. The molecule has 2 aromatic carbocycles. The van der Waals surface area contributed by atoms with Crippen LogP contribution in [0.1, 0.15) is 26.5 Å². The minimum absolute atomic E-state index is 0.104. The van der Waals surface area contributed by atoms with Crippen LogP contribution in [0.4, 0.5) is 0 Å². The molecule has 3 aromatic rings. The summed E-state index contributed by atoms with van der Waals surface area (Å²) in [6.07, 6.45) is 0. The van der Waals surface area contributed by atoms with Crippen LogP contribution in [-0.4, -0.2) is 47.8 Å². The fourth-order valence-electron chi connectivity index (χ4n) is 3.44. The molecule has 5 nitrogen and oxygen atoms in total. The van der Waals surface area contributed by atoms with Gasteiger partial charge in [-0.25, -0.2) is 0 Å². The number of hydrogen-bond donors (Lipinski definition) is 0. The molecule has 2 amide bonds. The number of para-hydroxylation sites is 1. The Morgan fingerprint density at radius 3 is 2.15 bits per heavy atom. The Balaban J connectivity index is 1.47. The third-order valence-electron chi connectivity index (χ3n) is 5.00. The summed E-state index contributed by atoms with van der Waals surface area (Å²) in [5, 5.41) is 1.40. The summed E-state index contributed by atoms with van der Waals surface area (Å²) in [5.74, 6) is 0.142. The zero-order valence-corrected chi connectivity index (χ0v) is 15.7. The molecule has 0 N–H and O–H groups in total. The zero-order valence-electron chi connectivity index (χ0n) is 14.9. The van der Waals surface area contributed by atoms with Gasteiger partial charge < -0.3 is 14.2 Å². The number of amides is 2.